The van der Waals surface area contributed by atoms with Crippen LogP contribution in [0.1, 0.15) is 0 Å². The van der Waals surface area contributed by atoms with Gasteiger partial charge in [0, 0.05) is 0 Å². The van der Waals surface area contributed by atoms with Crippen molar-refractivity contribution in [2.24, 2.45) is 0 Å². The third-order valence-electron chi connectivity index (χ3n) is 1.54. The summed E-state index contributed by atoms with van der Waals surface area (Å²) in [5.41, 5.74) is 4.55. The summed E-state index contributed by atoms with van der Waals surface area (Å²) in [6.45, 7) is 0. The molecule has 0 aromatic heterocycles. The van der Waals surface area contributed by atoms with E-state index in [9.17, 15) is 25.9 Å². The van der Waals surface area contributed by atoms with Crippen molar-refractivity contribution >= 4 is 25.9 Å². The van der Waals surface area contributed by atoms with Crippen LogP contribution in [0.25, 0.3) is 0 Å². The van der Waals surface area contributed by atoms with E-state index < -0.39 is 35.7 Å². The molecule has 0 spiro atoms. The van der Waals surface area contributed by atoms with Gasteiger partial charge in [-0.25, -0.2) is 16.8 Å². The Hall–Kier alpha value is 0.0348. The van der Waals surface area contributed by atoms with Gasteiger partial charge in [-0.15, -0.1) is 0 Å². The van der Waals surface area contributed by atoms with E-state index in [0.717, 1.165) is 0 Å². The summed E-state index contributed by atoms with van der Waals surface area (Å²) in [4.78, 5) is -1.44. The van der Waals surface area contributed by atoms with E-state index in [4.69, 9.17) is 5.73 Å². The summed E-state index contributed by atoms with van der Waals surface area (Å²) in [5, 5.41) is 0. The zero-order chi connectivity index (χ0) is 11.9. The molecule has 0 fully saturated rings. The predicted molar refractivity (Wildman–Crippen MR) is 46.8 cm³/mol. The number of benzene rings is 1. The monoisotopic (exact) mass is 265 g/mol. The van der Waals surface area contributed by atoms with E-state index >= 15 is 0 Å². The molecule has 2 N–H and O–H groups in total. The van der Waals surface area contributed by atoms with Crippen molar-refractivity contribution in [1.29, 1.82) is 0 Å². The van der Waals surface area contributed by atoms with Crippen LogP contribution in [0.15, 0.2) is 28.0 Å². The van der Waals surface area contributed by atoms with Crippen molar-refractivity contribution in [1.82, 2.24) is 0 Å². The van der Waals surface area contributed by atoms with Gasteiger partial charge >= 0.3 is 37.7 Å². The van der Waals surface area contributed by atoms with Gasteiger partial charge < -0.3 is 14.8 Å². The Morgan fingerprint density at radius 1 is 0.941 bits per heavy atom. The SMILES string of the molecule is Nc1cc(S(=O)(=O)[O-])ccc1S(=O)(=O)[O-].[Li+].[Li+]. The molecule has 0 atom stereocenters. The molecule has 0 aliphatic heterocycles. The summed E-state index contributed by atoms with van der Waals surface area (Å²) in [5.74, 6) is 0. The van der Waals surface area contributed by atoms with Crippen LogP contribution in [0.3, 0.4) is 0 Å². The molecule has 0 bridgehead atoms. The van der Waals surface area contributed by atoms with Crippen molar-refractivity contribution in [3.8, 4) is 0 Å². The number of hydrogen-bond acceptors (Lipinski definition) is 7. The van der Waals surface area contributed by atoms with Crippen LogP contribution in [-0.4, -0.2) is 25.9 Å². The van der Waals surface area contributed by atoms with Crippen LogP contribution in [0.4, 0.5) is 5.69 Å². The third kappa shape index (κ3) is 5.04. The quantitative estimate of drug-likeness (QED) is 0.318. The molecule has 0 aliphatic carbocycles. The molecule has 0 saturated carbocycles. The van der Waals surface area contributed by atoms with E-state index in [-0.39, 0.29) is 37.7 Å². The summed E-state index contributed by atoms with van der Waals surface area (Å²) in [7, 11) is -9.48. The van der Waals surface area contributed by atoms with E-state index in [1.165, 1.54) is 0 Å². The molecule has 7 nitrogen and oxygen atoms in total. The molecule has 17 heavy (non-hydrogen) atoms. The zero-order valence-electron chi connectivity index (χ0n) is 9.08. The van der Waals surface area contributed by atoms with Gasteiger partial charge in [0.25, 0.3) is 0 Å². The molecule has 0 amide bonds. The second-order valence-electron chi connectivity index (χ2n) is 2.61. The van der Waals surface area contributed by atoms with Gasteiger partial charge in [-0.05, 0) is 18.2 Å². The van der Waals surface area contributed by atoms with Gasteiger partial charge in [0.15, 0.2) is 0 Å². The summed E-state index contributed by atoms with van der Waals surface area (Å²) < 4.78 is 63.2. The maximum Gasteiger partial charge on any atom is 1.00 e. The number of rotatable bonds is 2. The minimum atomic E-state index is -4.77. The minimum Gasteiger partial charge on any atom is -0.744 e. The van der Waals surface area contributed by atoms with Gasteiger partial charge in [0.2, 0.25) is 0 Å². The molecular formula is C6H5Li2NO6S2. The Morgan fingerprint density at radius 2 is 1.41 bits per heavy atom. The van der Waals surface area contributed by atoms with Gasteiger partial charge in [0.05, 0.1) is 15.5 Å². The fourth-order valence-electron chi connectivity index (χ4n) is 0.910. The largest absolute Gasteiger partial charge is 1.00 e. The Morgan fingerprint density at radius 3 is 1.71 bits per heavy atom. The molecule has 11 heteroatoms. The summed E-state index contributed by atoms with van der Waals surface area (Å²) >= 11 is 0. The van der Waals surface area contributed by atoms with E-state index in [1.54, 1.807) is 0 Å². The van der Waals surface area contributed by atoms with Crippen molar-refractivity contribution in [2.75, 3.05) is 5.73 Å². The van der Waals surface area contributed by atoms with Crippen molar-refractivity contribution in [2.45, 2.75) is 9.79 Å². The van der Waals surface area contributed by atoms with E-state index in [1.807, 2.05) is 0 Å². The predicted octanol–water partition coefficient (Wildman–Crippen LogP) is -6.92. The smallest absolute Gasteiger partial charge is 0.744 e. The topological polar surface area (TPSA) is 140 Å². The van der Waals surface area contributed by atoms with Crippen molar-refractivity contribution in [3.63, 3.8) is 0 Å². The second kappa shape index (κ2) is 6.27. The molecule has 0 aliphatic rings. The fourth-order valence-corrected chi connectivity index (χ4v) is 2.00. The zero-order valence-corrected chi connectivity index (χ0v) is 10.7. The molecule has 0 saturated heterocycles. The first kappa shape index (κ1) is 19.4. The number of hydrogen-bond donors (Lipinski definition) is 1. The van der Waals surface area contributed by atoms with Crippen molar-refractivity contribution < 1.29 is 63.7 Å². The molecular weight excluding hydrogens is 260 g/mol. The van der Waals surface area contributed by atoms with Gasteiger partial charge in [0.1, 0.15) is 20.2 Å². The van der Waals surface area contributed by atoms with Gasteiger partial charge in [-0.2, -0.15) is 0 Å². The molecule has 0 radical (unpaired) electrons. The van der Waals surface area contributed by atoms with Crippen LogP contribution in [-0.2, 0) is 20.2 Å². The second-order valence-corrected chi connectivity index (χ2v) is 5.34. The molecule has 1 rings (SSSR count). The first-order valence-corrected chi connectivity index (χ1v) is 6.25. The number of nitrogens with two attached hydrogens (primary N) is 1. The van der Waals surface area contributed by atoms with Crippen LogP contribution in [0, 0.1) is 0 Å². The van der Waals surface area contributed by atoms with Crippen LogP contribution in [0.5, 0.6) is 0 Å². The van der Waals surface area contributed by atoms with Gasteiger partial charge in [-0.1, -0.05) is 0 Å². The number of nitrogen functional groups attached to an aromatic ring is 1. The Balaban J connectivity index is 0. The number of anilines is 1. The molecule has 1 aromatic carbocycles. The molecule has 84 valence electrons. The van der Waals surface area contributed by atoms with E-state index in [0.29, 0.717) is 18.2 Å². The fraction of sp³-hybridized carbons (Fsp3) is 0. The van der Waals surface area contributed by atoms with E-state index in [2.05, 4.69) is 0 Å². The average Bonchev–Trinajstić information content (AvgIpc) is 1.99. The van der Waals surface area contributed by atoms with Crippen LogP contribution >= 0.6 is 0 Å². The maximum absolute atomic E-state index is 10.6. The summed E-state index contributed by atoms with van der Waals surface area (Å²) in [6, 6.07) is 2.03. The third-order valence-corrected chi connectivity index (χ3v) is 3.28. The Kier molecular flexibility index (Phi) is 7.15. The average molecular weight is 265 g/mol. The Labute approximate surface area is 123 Å². The van der Waals surface area contributed by atoms with Crippen molar-refractivity contribution in [3.05, 3.63) is 18.2 Å². The first-order valence-electron chi connectivity index (χ1n) is 3.43. The molecule has 1 aromatic rings. The standard InChI is InChI=1S/C6H7NO6S2.2Li/c7-5-3-4(14(8,9)10)1-2-6(5)15(11,12)13;;/h1-3H,7H2,(H,8,9,10)(H,11,12,13);;/q;2*+1/p-2. The summed E-state index contributed by atoms with van der Waals surface area (Å²) in [6.07, 6.45) is 0. The molecule has 0 unspecified atom stereocenters. The normalized spacial score (nSPS) is 11.2. The van der Waals surface area contributed by atoms with Gasteiger partial charge in [-0.3, -0.25) is 0 Å². The van der Waals surface area contributed by atoms with Crippen LogP contribution < -0.4 is 43.5 Å². The molecule has 0 heterocycles. The maximum atomic E-state index is 10.6. The first-order chi connectivity index (χ1) is 6.62. The Bertz CT molecular complexity index is 597. The van der Waals surface area contributed by atoms with Crippen LogP contribution in [0.2, 0.25) is 0 Å². The minimum absolute atomic E-state index is 0.